The van der Waals surface area contributed by atoms with Gasteiger partial charge in [0.05, 0.1) is 0 Å². The number of hydrogen-bond donors (Lipinski definition) is 2. The molecule has 0 bridgehead atoms. The SMILES string of the molecule is CC(Cc1cccc(Cc2ccc(NCc3cc(C(C)(C)C)c(O)c(C(C)(C)C)c3)cc2)c1)CC(C)(C)C. The molecule has 0 heterocycles. The molecule has 2 heteroatoms. The minimum Gasteiger partial charge on any atom is -0.507 e. The Kier molecular flexibility index (Phi) is 9.07. The number of anilines is 1. The fourth-order valence-electron chi connectivity index (χ4n) is 5.51. The molecule has 0 aliphatic heterocycles. The molecule has 206 valence electrons. The van der Waals surface area contributed by atoms with Crippen molar-refractivity contribution in [2.45, 2.75) is 106 Å². The highest BCUT2D eigenvalue weighted by Gasteiger charge is 2.26. The lowest BCUT2D eigenvalue weighted by Crippen LogP contribution is -2.18. The number of phenolic OH excluding ortho intramolecular Hbond substituents is 1. The summed E-state index contributed by atoms with van der Waals surface area (Å²) in [6, 6.07) is 22.2. The molecule has 3 aromatic rings. The van der Waals surface area contributed by atoms with Crippen molar-refractivity contribution in [1.82, 2.24) is 0 Å². The molecule has 1 atom stereocenters. The molecule has 0 aliphatic carbocycles. The zero-order valence-corrected chi connectivity index (χ0v) is 25.6. The van der Waals surface area contributed by atoms with E-state index in [0.717, 1.165) is 36.2 Å². The zero-order valence-electron chi connectivity index (χ0n) is 25.6. The minimum atomic E-state index is -0.121. The number of benzene rings is 3. The van der Waals surface area contributed by atoms with Gasteiger partial charge in [-0.15, -0.1) is 0 Å². The third-order valence-corrected chi connectivity index (χ3v) is 7.18. The first kappa shape index (κ1) is 29.8. The van der Waals surface area contributed by atoms with E-state index in [0.29, 0.717) is 17.1 Å². The third kappa shape index (κ3) is 8.65. The first-order valence-corrected chi connectivity index (χ1v) is 14.3. The molecular formula is C36H51NO. The Bertz CT molecular complexity index is 1160. The lowest BCUT2D eigenvalue weighted by Gasteiger charge is -2.28. The van der Waals surface area contributed by atoms with E-state index in [9.17, 15) is 5.11 Å². The molecule has 3 aromatic carbocycles. The lowest BCUT2D eigenvalue weighted by molar-refractivity contribution is 0.306. The second kappa shape index (κ2) is 11.6. The average Bonchev–Trinajstić information content (AvgIpc) is 2.76. The van der Waals surface area contributed by atoms with Crippen molar-refractivity contribution in [3.8, 4) is 5.75 Å². The second-order valence-corrected chi connectivity index (χ2v) is 14.7. The van der Waals surface area contributed by atoms with Crippen molar-refractivity contribution in [3.05, 3.63) is 94.0 Å². The van der Waals surface area contributed by atoms with Gasteiger partial charge in [-0.05, 0) is 99.1 Å². The minimum absolute atomic E-state index is 0.121. The van der Waals surface area contributed by atoms with Crippen LogP contribution >= 0.6 is 0 Å². The van der Waals surface area contributed by atoms with Crippen LogP contribution in [0.15, 0.2) is 60.7 Å². The van der Waals surface area contributed by atoms with Crippen LogP contribution < -0.4 is 5.32 Å². The first-order valence-electron chi connectivity index (χ1n) is 14.3. The van der Waals surface area contributed by atoms with Crippen LogP contribution in [0.3, 0.4) is 0 Å². The summed E-state index contributed by atoms with van der Waals surface area (Å²) in [5.74, 6) is 1.12. The van der Waals surface area contributed by atoms with Gasteiger partial charge in [0.25, 0.3) is 0 Å². The highest BCUT2D eigenvalue weighted by atomic mass is 16.3. The quantitative estimate of drug-likeness (QED) is 0.314. The van der Waals surface area contributed by atoms with E-state index < -0.39 is 0 Å². The predicted molar refractivity (Wildman–Crippen MR) is 165 cm³/mol. The van der Waals surface area contributed by atoms with Gasteiger partial charge in [-0.3, -0.25) is 0 Å². The molecule has 2 N–H and O–H groups in total. The third-order valence-electron chi connectivity index (χ3n) is 7.18. The van der Waals surface area contributed by atoms with Crippen LogP contribution in [0.2, 0.25) is 0 Å². The number of nitrogens with one attached hydrogen (secondary N) is 1. The van der Waals surface area contributed by atoms with Crippen molar-refractivity contribution >= 4 is 5.69 Å². The monoisotopic (exact) mass is 513 g/mol. The van der Waals surface area contributed by atoms with Gasteiger partial charge in [0.15, 0.2) is 0 Å². The van der Waals surface area contributed by atoms with E-state index in [1.165, 1.54) is 28.7 Å². The Labute approximate surface area is 232 Å². The van der Waals surface area contributed by atoms with Crippen molar-refractivity contribution < 1.29 is 5.11 Å². The van der Waals surface area contributed by atoms with Gasteiger partial charge >= 0.3 is 0 Å². The molecule has 38 heavy (non-hydrogen) atoms. The van der Waals surface area contributed by atoms with Crippen LogP contribution in [-0.4, -0.2) is 5.11 Å². The van der Waals surface area contributed by atoms with Crippen LogP contribution in [0.5, 0.6) is 5.75 Å². The molecule has 0 radical (unpaired) electrons. The standard InChI is InChI=1S/C36H51NO/c1-25(23-34(2,3)4)18-27-12-11-13-28(20-27)19-26-14-16-30(17-15-26)37-24-29-21-31(35(5,6)7)33(38)32(22-29)36(8,9)10/h11-17,20-22,25,37-38H,18-19,23-24H2,1-10H3. The van der Waals surface area contributed by atoms with Gasteiger partial charge in [0, 0.05) is 12.2 Å². The fraction of sp³-hybridized carbons (Fsp3) is 0.500. The maximum Gasteiger partial charge on any atom is 0.123 e. The van der Waals surface area contributed by atoms with Gasteiger partial charge < -0.3 is 10.4 Å². The summed E-state index contributed by atoms with van der Waals surface area (Å²) in [5, 5.41) is 14.6. The molecule has 1 unspecified atom stereocenters. The van der Waals surface area contributed by atoms with Crippen molar-refractivity contribution in [1.29, 1.82) is 0 Å². The maximum atomic E-state index is 11.0. The largest absolute Gasteiger partial charge is 0.507 e. The number of phenols is 1. The highest BCUT2D eigenvalue weighted by molar-refractivity contribution is 5.52. The zero-order chi connectivity index (χ0) is 28.3. The highest BCUT2D eigenvalue weighted by Crippen LogP contribution is 2.40. The van der Waals surface area contributed by atoms with Crippen molar-refractivity contribution in [3.63, 3.8) is 0 Å². The van der Waals surface area contributed by atoms with Crippen LogP contribution in [0.4, 0.5) is 5.69 Å². The Morgan fingerprint density at radius 1 is 0.684 bits per heavy atom. The van der Waals surface area contributed by atoms with E-state index in [1.807, 2.05) is 0 Å². The van der Waals surface area contributed by atoms with Crippen molar-refractivity contribution in [2.24, 2.45) is 11.3 Å². The Balaban J connectivity index is 1.67. The van der Waals surface area contributed by atoms with Crippen LogP contribution in [-0.2, 0) is 30.2 Å². The molecule has 0 saturated carbocycles. The van der Waals surface area contributed by atoms with Crippen molar-refractivity contribution in [2.75, 3.05) is 5.32 Å². The van der Waals surface area contributed by atoms with E-state index in [4.69, 9.17) is 0 Å². The van der Waals surface area contributed by atoms with E-state index in [2.05, 4.69) is 135 Å². The number of rotatable bonds is 8. The van der Waals surface area contributed by atoms with Gasteiger partial charge in [0.1, 0.15) is 5.75 Å². The molecule has 0 spiro atoms. The molecule has 2 nitrogen and oxygen atoms in total. The van der Waals surface area contributed by atoms with Crippen LogP contribution in [0.25, 0.3) is 0 Å². The molecule has 0 fully saturated rings. The Morgan fingerprint density at radius 2 is 1.24 bits per heavy atom. The molecule has 0 aromatic heterocycles. The van der Waals surface area contributed by atoms with Gasteiger partial charge in [-0.2, -0.15) is 0 Å². The molecule has 0 aliphatic rings. The molecule has 3 rings (SSSR count). The summed E-state index contributed by atoms with van der Waals surface area (Å²) in [7, 11) is 0. The summed E-state index contributed by atoms with van der Waals surface area (Å²) in [5.41, 5.74) is 8.59. The smallest absolute Gasteiger partial charge is 0.123 e. The maximum absolute atomic E-state index is 11.0. The number of hydrogen-bond acceptors (Lipinski definition) is 2. The normalized spacial score (nSPS) is 13.4. The Hall–Kier alpha value is -2.74. The second-order valence-electron chi connectivity index (χ2n) is 14.7. The van der Waals surface area contributed by atoms with Gasteiger partial charge in [-0.25, -0.2) is 0 Å². The van der Waals surface area contributed by atoms with Crippen LogP contribution in [0.1, 0.15) is 109 Å². The lowest BCUT2D eigenvalue weighted by atomic mass is 9.78. The summed E-state index contributed by atoms with van der Waals surface area (Å²) in [6.45, 7) is 23.0. The molecular weight excluding hydrogens is 462 g/mol. The average molecular weight is 514 g/mol. The van der Waals surface area contributed by atoms with Crippen LogP contribution in [0, 0.1) is 11.3 Å². The van der Waals surface area contributed by atoms with E-state index in [1.54, 1.807) is 0 Å². The van der Waals surface area contributed by atoms with E-state index >= 15 is 0 Å². The predicted octanol–water partition coefficient (Wildman–Crippen LogP) is 9.80. The Morgan fingerprint density at radius 3 is 1.76 bits per heavy atom. The molecule has 0 saturated heterocycles. The summed E-state index contributed by atoms with van der Waals surface area (Å²) in [4.78, 5) is 0. The summed E-state index contributed by atoms with van der Waals surface area (Å²) < 4.78 is 0. The molecule has 0 amide bonds. The summed E-state index contributed by atoms with van der Waals surface area (Å²) >= 11 is 0. The van der Waals surface area contributed by atoms with Gasteiger partial charge in [-0.1, -0.05) is 106 Å². The number of aromatic hydroxyl groups is 1. The topological polar surface area (TPSA) is 32.3 Å². The summed E-state index contributed by atoms with van der Waals surface area (Å²) in [6.07, 6.45) is 3.33. The van der Waals surface area contributed by atoms with E-state index in [-0.39, 0.29) is 10.8 Å². The first-order chi connectivity index (χ1) is 17.5. The fourth-order valence-corrected chi connectivity index (χ4v) is 5.51. The van der Waals surface area contributed by atoms with Gasteiger partial charge in [0.2, 0.25) is 0 Å².